The lowest BCUT2D eigenvalue weighted by atomic mass is 10.0. The molecule has 0 spiro atoms. The zero-order valence-electron chi connectivity index (χ0n) is 15.2. The summed E-state index contributed by atoms with van der Waals surface area (Å²) < 4.78 is 14.2. The number of nitrogens with zero attached hydrogens (tertiary/aromatic N) is 2. The number of carbonyl (C=O) groups excluding carboxylic acids is 1. The predicted octanol–water partition coefficient (Wildman–Crippen LogP) is 4.43. The average molecular weight is 375 g/mol. The topological polar surface area (TPSA) is 23.6 Å². The number of hydrogen-bond acceptors (Lipinski definition) is 3. The number of Topliss-reactive ketones (excluding diaryl/α,β-unsaturated/α-hetero) is 1. The third-order valence-electron chi connectivity index (χ3n) is 5.12. The van der Waals surface area contributed by atoms with Crippen LogP contribution in [0.15, 0.2) is 42.5 Å². The van der Waals surface area contributed by atoms with Crippen LogP contribution in [0.4, 0.5) is 10.1 Å². The number of hydrogen-bond donors (Lipinski definition) is 0. The molecule has 1 fully saturated rings. The van der Waals surface area contributed by atoms with E-state index < -0.39 is 0 Å². The Kier molecular flexibility index (Phi) is 5.94. The molecule has 2 aromatic rings. The highest BCUT2D eigenvalue weighted by Gasteiger charge is 2.22. The van der Waals surface area contributed by atoms with Crippen LogP contribution in [-0.2, 0) is 6.42 Å². The van der Waals surface area contributed by atoms with Gasteiger partial charge >= 0.3 is 0 Å². The fourth-order valence-electron chi connectivity index (χ4n) is 3.50. The maximum absolute atomic E-state index is 14.2. The molecule has 26 heavy (non-hydrogen) atoms. The van der Waals surface area contributed by atoms with Crippen LogP contribution in [0.3, 0.4) is 0 Å². The predicted molar refractivity (Wildman–Crippen MR) is 105 cm³/mol. The van der Waals surface area contributed by atoms with Crippen molar-refractivity contribution in [1.82, 2.24) is 4.90 Å². The first-order valence-electron chi connectivity index (χ1n) is 8.92. The second-order valence-electron chi connectivity index (χ2n) is 7.04. The SMILES string of the molecule is CN1CCC(N(C)c2cc(F)cc(CC(=O)c3ccccc3Cl)c2)CC1. The minimum Gasteiger partial charge on any atom is -0.371 e. The summed E-state index contributed by atoms with van der Waals surface area (Å²) in [5.41, 5.74) is 1.97. The van der Waals surface area contributed by atoms with E-state index in [1.54, 1.807) is 30.3 Å². The van der Waals surface area contributed by atoms with Crippen molar-refractivity contribution in [3.8, 4) is 0 Å². The van der Waals surface area contributed by atoms with E-state index in [2.05, 4.69) is 16.8 Å². The summed E-state index contributed by atoms with van der Waals surface area (Å²) in [6.07, 6.45) is 2.24. The van der Waals surface area contributed by atoms with E-state index in [0.29, 0.717) is 22.2 Å². The third kappa shape index (κ3) is 4.43. The lowest BCUT2D eigenvalue weighted by Crippen LogP contribution is -2.42. The maximum atomic E-state index is 14.2. The number of benzene rings is 2. The molecule has 1 heterocycles. The molecule has 0 bridgehead atoms. The number of carbonyl (C=O) groups is 1. The van der Waals surface area contributed by atoms with Gasteiger partial charge in [0.25, 0.3) is 0 Å². The van der Waals surface area contributed by atoms with Crippen molar-refractivity contribution >= 4 is 23.1 Å². The highest BCUT2D eigenvalue weighted by Crippen LogP contribution is 2.25. The Morgan fingerprint density at radius 3 is 2.62 bits per heavy atom. The van der Waals surface area contributed by atoms with Crippen molar-refractivity contribution in [1.29, 1.82) is 0 Å². The van der Waals surface area contributed by atoms with Crippen molar-refractivity contribution < 1.29 is 9.18 Å². The number of rotatable bonds is 5. The molecular weight excluding hydrogens is 351 g/mol. The molecule has 0 aliphatic carbocycles. The molecule has 0 radical (unpaired) electrons. The second-order valence-corrected chi connectivity index (χ2v) is 7.45. The lowest BCUT2D eigenvalue weighted by Gasteiger charge is -2.36. The summed E-state index contributed by atoms with van der Waals surface area (Å²) in [4.78, 5) is 17.0. The molecule has 0 saturated carbocycles. The van der Waals surface area contributed by atoms with Gasteiger partial charge in [-0.25, -0.2) is 4.39 Å². The van der Waals surface area contributed by atoms with Crippen LogP contribution in [0.25, 0.3) is 0 Å². The number of piperidine rings is 1. The minimum atomic E-state index is -0.316. The van der Waals surface area contributed by atoms with Crippen LogP contribution >= 0.6 is 11.6 Å². The highest BCUT2D eigenvalue weighted by molar-refractivity contribution is 6.34. The Morgan fingerprint density at radius 1 is 1.23 bits per heavy atom. The van der Waals surface area contributed by atoms with Gasteiger partial charge in [0, 0.05) is 30.8 Å². The molecule has 1 aliphatic rings. The molecule has 1 aliphatic heterocycles. The first-order valence-corrected chi connectivity index (χ1v) is 9.30. The molecule has 0 atom stereocenters. The molecule has 3 nitrogen and oxygen atoms in total. The molecule has 0 aromatic heterocycles. The molecule has 0 N–H and O–H groups in total. The Bertz CT molecular complexity index is 787. The molecular formula is C21H24ClFN2O. The summed E-state index contributed by atoms with van der Waals surface area (Å²) in [6.45, 7) is 2.09. The Labute approximate surface area is 159 Å². The first-order chi connectivity index (χ1) is 12.4. The minimum absolute atomic E-state index is 0.103. The van der Waals surface area contributed by atoms with E-state index >= 15 is 0 Å². The number of ketones is 1. The quantitative estimate of drug-likeness (QED) is 0.723. The fourth-order valence-corrected chi connectivity index (χ4v) is 3.74. The smallest absolute Gasteiger partial charge is 0.168 e. The largest absolute Gasteiger partial charge is 0.371 e. The van der Waals surface area contributed by atoms with Crippen molar-refractivity contribution in [2.45, 2.75) is 25.3 Å². The van der Waals surface area contributed by atoms with Crippen molar-refractivity contribution in [3.05, 3.63) is 64.4 Å². The highest BCUT2D eigenvalue weighted by atomic mass is 35.5. The Hall–Kier alpha value is -1.91. The molecule has 3 rings (SSSR count). The van der Waals surface area contributed by atoms with Gasteiger partial charge in [0.15, 0.2) is 5.78 Å². The summed E-state index contributed by atoms with van der Waals surface area (Å²) in [5, 5.41) is 0.428. The van der Waals surface area contributed by atoms with Gasteiger partial charge in [-0.05, 0) is 68.9 Å². The molecule has 2 aromatic carbocycles. The van der Waals surface area contributed by atoms with Gasteiger partial charge in [-0.2, -0.15) is 0 Å². The van der Waals surface area contributed by atoms with Gasteiger partial charge in [-0.1, -0.05) is 23.7 Å². The lowest BCUT2D eigenvalue weighted by molar-refractivity contribution is 0.0993. The normalized spacial score (nSPS) is 15.8. The molecule has 0 unspecified atom stereocenters. The summed E-state index contributed by atoms with van der Waals surface area (Å²) in [6, 6.07) is 12.2. The molecule has 5 heteroatoms. The second kappa shape index (κ2) is 8.19. The zero-order chi connectivity index (χ0) is 18.7. The van der Waals surface area contributed by atoms with Crippen LogP contribution in [0.1, 0.15) is 28.8 Å². The van der Waals surface area contributed by atoms with E-state index in [1.165, 1.54) is 6.07 Å². The number of anilines is 1. The van der Waals surface area contributed by atoms with E-state index in [4.69, 9.17) is 11.6 Å². The Morgan fingerprint density at radius 2 is 1.92 bits per heavy atom. The summed E-state index contributed by atoms with van der Waals surface area (Å²) in [5.74, 6) is -0.418. The molecule has 138 valence electrons. The van der Waals surface area contributed by atoms with E-state index in [1.807, 2.05) is 13.1 Å². The zero-order valence-corrected chi connectivity index (χ0v) is 16.0. The van der Waals surface area contributed by atoms with Crippen molar-refractivity contribution in [2.75, 3.05) is 32.1 Å². The molecule has 0 amide bonds. The van der Waals surface area contributed by atoms with Crippen LogP contribution < -0.4 is 4.90 Å². The number of halogens is 2. The first kappa shape index (κ1) is 18.9. The maximum Gasteiger partial charge on any atom is 0.168 e. The average Bonchev–Trinajstić information content (AvgIpc) is 2.61. The standard InChI is InChI=1S/C21H24ClFN2O/c1-24-9-7-17(8-10-24)25(2)18-12-15(11-16(23)14-18)13-21(26)19-5-3-4-6-20(19)22/h3-6,11-12,14,17H,7-10,13H2,1-2H3. The third-order valence-corrected chi connectivity index (χ3v) is 5.45. The van der Waals surface area contributed by atoms with Crippen LogP contribution in [0.2, 0.25) is 5.02 Å². The Balaban J connectivity index is 1.77. The summed E-state index contributed by atoms with van der Waals surface area (Å²) in [7, 11) is 4.13. The van der Waals surface area contributed by atoms with Crippen LogP contribution in [0, 0.1) is 5.82 Å². The van der Waals surface area contributed by atoms with Crippen LogP contribution in [-0.4, -0.2) is 43.9 Å². The number of likely N-dealkylation sites (tertiary alicyclic amines) is 1. The van der Waals surface area contributed by atoms with Gasteiger partial charge in [0.05, 0.1) is 5.02 Å². The van der Waals surface area contributed by atoms with E-state index in [9.17, 15) is 9.18 Å². The van der Waals surface area contributed by atoms with Gasteiger partial charge in [-0.3, -0.25) is 4.79 Å². The van der Waals surface area contributed by atoms with Gasteiger partial charge in [0.2, 0.25) is 0 Å². The fraction of sp³-hybridized carbons (Fsp3) is 0.381. The summed E-state index contributed by atoms with van der Waals surface area (Å²) >= 11 is 6.10. The van der Waals surface area contributed by atoms with Crippen molar-refractivity contribution in [2.24, 2.45) is 0 Å². The monoisotopic (exact) mass is 374 g/mol. The molecule has 1 saturated heterocycles. The van der Waals surface area contributed by atoms with Gasteiger partial charge in [0.1, 0.15) is 5.82 Å². The van der Waals surface area contributed by atoms with Gasteiger partial charge < -0.3 is 9.80 Å². The van der Waals surface area contributed by atoms with E-state index in [-0.39, 0.29) is 18.0 Å². The van der Waals surface area contributed by atoms with Crippen LogP contribution in [0.5, 0.6) is 0 Å². The van der Waals surface area contributed by atoms with Crippen molar-refractivity contribution in [3.63, 3.8) is 0 Å². The van der Waals surface area contributed by atoms with Gasteiger partial charge in [-0.15, -0.1) is 0 Å². The van der Waals surface area contributed by atoms with E-state index in [0.717, 1.165) is 31.6 Å².